The molecule has 2 unspecified atom stereocenters. The summed E-state index contributed by atoms with van der Waals surface area (Å²) < 4.78 is 12.9. The summed E-state index contributed by atoms with van der Waals surface area (Å²) in [4.78, 5) is 0. The predicted octanol–water partition coefficient (Wildman–Crippen LogP) is 2.22. The third-order valence-corrected chi connectivity index (χ3v) is 3.69. The molecule has 3 nitrogen and oxygen atoms in total. The van der Waals surface area contributed by atoms with Gasteiger partial charge in [-0.15, -0.1) is 0 Å². The van der Waals surface area contributed by atoms with E-state index in [0.717, 1.165) is 0 Å². The molecule has 2 atom stereocenters. The Morgan fingerprint density at radius 1 is 1.59 bits per heavy atom. The van der Waals surface area contributed by atoms with Crippen LogP contribution in [-0.2, 0) is 0 Å². The van der Waals surface area contributed by atoms with E-state index in [2.05, 4.69) is 5.32 Å². The first-order valence-electron chi connectivity index (χ1n) is 5.22. The zero-order valence-electron chi connectivity index (χ0n) is 9.77. The number of hydrogen-bond acceptors (Lipinski definition) is 4. The molecule has 0 saturated carbocycles. The first-order valence-corrected chi connectivity index (χ1v) is 6.51. The van der Waals surface area contributed by atoms with Crippen molar-refractivity contribution in [2.75, 3.05) is 18.2 Å². The zero-order chi connectivity index (χ0) is 12.8. The number of nitriles is 1. The second-order valence-corrected chi connectivity index (χ2v) is 4.77. The molecule has 0 spiro atoms. The largest absolute Gasteiger partial charge is 0.395 e. The lowest BCUT2D eigenvalue weighted by Gasteiger charge is -2.22. The Morgan fingerprint density at radius 2 is 2.29 bits per heavy atom. The fourth-order valence-corrected chi connectivity index (χ4v) is 2.14. The van der Waals surface area contributed by atoms with Gasteiger partial charge < -0.3 is 10.4 Å². The number of nitrogens with one attached hydrogen (secondary N) is 1. The van der Waals surface area contributed by atoms with E-state index in [1.807, 2.05) is 19.2 Å². The van der Waals surface area contributed by atoms with E-state index in [9.17, 15) is 4.39 Å². The molecule has 0 saturated heterocycles. The second kappa shape index (κ2) is 6.48. The fourth-order valence-electron chi connectivity index (χ4n) is 1.51. The molecule has 0 radical (unpaired) electrons. The molecule has 0 aliphatic carbocycles. The predicted molar refractivity (Wildman–Crippen MR) is 68.6 cm³/mol. The molecular weight excluding hydrogens is 239 g/mol. The number of nitrogens with zero attached hydrogens (tertiary/aromatic N) is 1. The van der Waals surface area contributed by atoms with Crippen LogP contribution < -0.4 is 5.32 Å². The summed E-state index contributed by atoms with van der Waals surface area (Å²) in [5.41, 5.74) is 0.864. The molecule has 0 aromatic heterocycles. The molecule has 5 heteroatoms. The van der Waals surface area contributed by atoms with Crippen molar-refractivity contribution in [1.29, 1.82) is 5.26 Å². The van der Waals surface area contributed by atoms with Crippen molar-refractivity contribution in [3.63, 3.8) is 0 Å². The van der Waals surface area contributed by atoms with Gasteiger partial charge in [-0.05, 0) is 31.4 Å². The van der Waals surface area contributed by atoms with Gasteiger partial charge in [0, 0.05) is 11.3 Å². The van der Waals surface area contributed by atoms with Gasteiger partial charge in [-0.25, -0.2) is 4.39 Å². The molecule has 0 heterocycles. The van der Waals surface area contributed by atoms with Gasteiger partial charge in [0.1, 0.15) is 11.9 Å². The smallest absolute Gasteiger partial charge is 0.124 e. The lowest BCUT2D eigenvalue weighted by Crippen LogP contribution is -2.31. The standard InChI is InChI=1S/C12H15FN2OS/c1-8(12(7-16)17-2)15-11-4-3-10(13)5-9(11)6-14/h3-5,8,12,15-16H,7H2,1-2H3. The van der Waals surface area contributed by atoms with Gasteiger partial charge in [0.25, 0.3) is 0 Å². The first kappa shape index (κ1) is 13.8. The van der Waals surface area contributed by atoms with Crippen LogP contribution in [0, 0.1) is 17.1 Å². The summed E-state index contributed by atoms with van der Waals surface area (Å²) in [7, 11) is 0. The lowest BCUT2D eigenvalue weighted by atomic mass is 10.1. The molecule has 1 aromatic rings. The first-order chi connectivity index (χ1) is 8.12. The van der Waals surface area contributed by atoms with Crippen molar-refractivity contribution in [1.82, 2.24) is 0 Å². The number of halogens is 1. The number of aliphatic hydroxyl groups is 1. The molecule has 0 fully saturated rings. The van der Waals surface area contributed by atoms with Gasteiger partial charge in [-0.2, -0.15) is 17.0 Å². The van der Waals surface area contributed by atoms with Crippen molar-refractivity contribution in [2.24, 2.45) is 0 Å². The average molecular weight is 254 g/mol. The molecule has 0 aliphatic heterocycles. The Bertz CT molecular complexity index is 415. The number of aliphatic hydroxyl groups excluding tert-OH is 1. The molecule has 92 valence electrons. The molecule has 0 aliphatic rings. The van der Waals surface area contributed by atoms with E-state index < -0.39 is 5.82 Å². The fraction of sp³-hybridized carbons (Fsp3) is 0.417. The molecule has 1 rings (SSSR count). The molecular formula is C12H15FN2OS. The van der Waals surface area contributed by atoms with Crippen LogP contribution in [0.3, 0.4) is 0 Å². The van der Waals surface area contributed by atoms with E-state index >= 15 is 0 Å². The van der Waals surface area contributed by atoms with Gasteiger partial charge in [-0.3, -0.25) is 0 Å². The average Bonchev–Trinajstić information content (AvgIpc) is 2.33. The highest BCUT2D eigenvalue weighted by Gasteiger charge is 2.16. The molecule has 0 bridgehead atoms. The Kier molecular flexibility index (Phi) is 5.26. The topological polar surface area (TPSA) is 56.0 Å². The summed E-state index contributed by atoms with van der Waals surface area (Å²) in [6.07, 6.45) is 1.91. The summed E-state index contributed by atoms with van der Waals surface area (Å²) in [5, 5.41) is 21.2. The van der Waals surface area contributed by atoms with Crippen molar-refractivity contribution in [2.45, 2.75) is 18.2 Å². The normalized spacial score (nSPS) is 13.8. The minimum absolute atomic E-state index is 0.00689. The minimum atomic E-state index is -0.427. The van der Waals surface area contributed by atoms with Gasteiger partial charge in [0.05, 0.1) is 17.9 Å². The number of rotatable bonds is 5. The van der Waals surface area contributed by atoms with Gasteiger partial charge in [0.15, 0.2) is 0 Å². The van der Waals surface area contributed by atoms with E-state index in [-0.39, 0.29) is 23.5 Å². The maximum atomic E-state index is 12.9. The summed E-state index contributed by atoms with van der Waals surface area (Å²) in [5.74, 6) is -0.427. The highest BCUT2D eigenvalue weighted by molar-refractivity contribution is 7.99. The third kappa shape index (κ3) is 3.62. The van der Waals surface area contributed by atoms with E-state index in [1.165, 1.54) is 12.1 Å². The van der Waals surface area contributed by atoms with Crippen LogP contribution in [0.15, 0.2) is 18.2 Å². The number of benzene rings is 1. The quantitative estimate of drug-likeness (QED) is 0.846. The summed E-state index contributed by atoms with van der Waals surface area (Å²) in [6.45, 7) is 1.97. The minimum Gasteiger partial charge on any atom is -0.395 e. The highest BCUT2D eigenvalue weighted by atomic mass is 32.2. The Morgan fingerprint density at radius 3 is 2.82 bits per heavy atom. The third-order valence-electron chi connectivity index (χ3n) is 2.53. The zero-order valence-corrected chi connectivity index (χ0v) is 10.6. The van der Waals surface area contributed by atoms with Crippen LogP contribution in [0.25, 0.3) is 0 Å². The highest BCUT2D eigenvalue weighted by Crippen LogP contribution is 2.20. The number of thioether (sulfide) groups is 1. The van der Waals surface area contributed by atoms with Crippen LogP contribution in [0.2, 0.25) is 0 Å². The second-order valence-electron chi connectivity index (χ2n) is 3.69. The van der Waals surface area contributed by atoms with Gasteiger partial charge >= 0.3 is 0 Å². The summed E-state index contributed by atoms with van der Waals surface area (Å²) in [6, 6.07) is 5.98. The van der Waals surface area contributed by atoms with Crippen LogP contribution in [0.4, 0.5) is 10.1 Å². The van der Waals surface area contributed by atoms with Crippen molar-refractivity contribution < 1.29 is 9.50 Å². The van der Waals surface area contributed by atoms with E-state index in [4.69, 9.17) is 10.4 Å². The number of anilines is 1. The maximum absolute atomic E-state index is 12.9. The van der Waals surface area contributed by atoms with Crippen molar-refractivity contribution in [3.05, 3.63) is 29.6 Å². The monoisotopic (exact) mass is 254 g/mol. The van der Waals surface area contributed by atoms with Gasteiger partial charge in [0.2, 0.25) is 0 Å². The number of hydrogen-bond donors (Lipinski definition) is 2. The van der Waals surface area contributed by atoms with Crippen molar-refractivity contribution >= 4 is 17.4 Å². The van der Waals surface area contributed by atoms with Crippen LogP contribution in [-0.4, -0.2) is 29.3 Å². The SMILES string of the molecule is CSC(CO)C(C)Nc1ccc(F)cc1C#N. The molecule has 2 N–H and O–H groups in total. The van der Waals surface area contributed by atoms with Gasteiger partial charge in [-0.1, -0.05) is 0 Å². The van der Waals surface area contributed by atoms with E-state index in [1.54, 1.807) is 17.8 Å². The van der Waals surface area contributed by atoms with Crippen LogP contribution >= 0.6 is 11.8 Å². The maximum Gasteiger partial charge on any atom is 0.124 e. The molecule has 0 amide bonds. The van der Waals surface area contributed by atoms with Crippen molar-refractivity contribution in [3.8, 4) is 6.07 Å². The van der Waals surface area contributed by atoms with Crippen LogP contribution in [0.1, 0.15) is 12.5 Å². The Labute approximate surface area is 105 Å². The molecule has 17 heavy (non-hydrogen) atoms. The molecule has 1 aromatic carbocycles. The Balaban J connectivity index is 2.85. The lowest BCUT2D eigenvalue weighted by molar-refractivity contribution is 0.288. The van der Waals surface area contributed by atoms with Crippen LogP contribution in [0.5, 0.6) is 0 Å². The summed E-state index contributed by atoms with van der Waals surface area (Å²) >= 11 is 1.54. The Hall–Kier alpha value is -1.25. The van der Waals surface area contributed by atoms with E-state index in [0.29, 0.717) is 5.69 Å².